The number of rotatable bonds is 8. The molecule has 2 fully saturated rings. The van der Waals surface area contributed by atoms with Gasteiger partial charge in [0.2, 0.25) is 5.82 Å². The quantitative estimate of drug-likeness (QED) is 0.576. The fraction of sp³-hybridized carbons (Fsp3) is 0.577. The van der Waals surface area contributed by atoms with Gasteiger partial charge in [0.25, 0.3) is 5.91 Å². The highest BCUT2D eigenvalue weighted by molar-refractivity contribution is 5.95. The first-order chi connectivity index (χ1) is 16.9. The Balaban J connectivity index is 1.61. The van der Waals surface area contributed by atoms with Crippen LogP contribution in [0.4, 0.5) is 0 Å². The van der Waals surface area contributed by atoms with E-state index in [9.17, 15) is 9.59 Å². The van der Waals surface area contributed by atoms with Crippen LogP contribution in [0.25, 0.3) is 11.0 Å². The van der Waals surface area contributed by atoms with Crippen LogP contribution in [-0.2, 0) is 20.8 Å². The van der Waals surface area contributed by atoms with Crippen molar-refractivity contribution >= 4 is 22.9 Å². The van der Waals surface area contributed by atoms with Gasteiger partial charge in [-0.05, 0) is 24.5 Å². The molecule has 0 unspecified atom stereocenters. The third kappa shape index (κ3) is 5.67. The number of aromatic nitrogens is 2. The van der Waals surface area contributed by atoms with E-state index in [1.54, 1.807) is 4.57 Å². The summed E-state index contributed by atoms with van der Waals surface area (Å²) in [6.45, 7) is 13.9. The Kier molecular flexibility index (Phi) is 8.07. The highest BCUT2D eigenvalue weighted by atomic mass is 16.5. The maximum atomic E-state index is 14.0. The topological polar surface area (TPSA) is 88.9 Å². The largest absolute Gasteiger partial charge is 0.468 e. The third-order valence-corrected chi connectivity index (χ3v) is 6.84. The summed E-state index contributed by atoms with van der Waals surface area (Å²) in [6, 6.07) is 7.49. The summed E-state index contributed by atoms with van der Waals surface area (Å²) in [5.74, 6) is 0.205. The molecule has 1 amide bonds. The fourth-order valence-electron chi connectivity index (χ4n) is 5.03. The van der Waals surface area contributed by atoms with Gasteiger partial charge >= 0.3 is 5.97 Å². The normalized spacial score (nSPS) is 20.7. The standard InChI is InChI=1S/C26H37N5O4/c1-18(2)16-30(21-13-20(14-27-15-21)19(3)29-9-11-35-12-10-29)26(33)25-28-22-7-5-6-8-23(22)31(25)17-24(32)34-4/h5-8,18,20-21,27H,3,9-17H2,1-2,4H3/t20-,21+/m1/s1. The lowest BCUT2D eigenvalue weighted by Crippen LogP contribution is -2.54. The van der Waals surface area contributed by atoms with Gasteiger partial charge in [-0.2, -0.15) is 0 Å². The van der Waals surface area contributed by atoms with Crippen molar-refractivity contribution in [3.63, 3.8) is 0 Å². The van der Waals surface area contributed by atoms with Crippen molar-refractivity contribution in [2.24, 2.45) is 11.8 Å². The number of imidazole rings is 1. The Morgan fingerprint density at radius 1 is 1.26 bits per heavy atom. The summed E-state index contributed by atoms with van der Waals surface area (Å²) in [4.78, 5) is 35.1. The van der Waals surface area contributed by atoms with Crippen LogP contribution >= 0.6 is 0 Å². The van der Waals surface area contributed by atoms with Crippen molar-refractivity contribution in [3.8, 4) is 0 Å². The second-order valence-corrected chi connectivity index (χ2v) is 9.77. The first-order valence-electron chi connectivity index (χ1n) is 12.4. The SMILES string of the molecule is C=C([C@H]1CNC[C@@H](N(CC(C)C)C(=O)c2nc3ccccc3n2CC(=O)OC)C1)N1CCOCC1. The molecule has 2 saturated heterocycles. The van der Waals surface area contributed by atoms with E-state index >= 15 is 0 Å². The van der Waals surface area contributed by atoms with Crippen LogP contribution in [0.3, 0.4) is 0 Å². The minimum absolute atomic E-state index is 0.00664. The minimum Gasteiger partial charge on any atom is -0.468 e. The van der Waals surface area contributed by atoms with Crippen LogP contribution in [-0.4, -0.2) is 90.3 Å². The second-order valence-electron chi connectivity index (χ2n) is 9.77. The number of ether oxygens (including phenoxy) is 2. The highest BCUT2D eigenvalue weighted by Crippen LogP contribution is 2.27. The Bertz CT molecular complexity index is 1060. The molecule has 35 heavy (non-hydrogen) atoms. The summed E-state index contributed by atoms with van der Waals surface area (Å²) in [7, 11) is 1.35. The number of esters is 1. The van der Waals surface area contributed by atoms with E-state index in [4.69, 9.17) is 9.47 Å². The fourth-order valence-corrected chi connectivity index (χ4v) is 5.03. The second kappa shape index (κ2) is 11.2. The highest BCUT2D eigenvalue weighted by Gasteiger charge is 2.35. The van der Waals surface area contributed by atoms with Gasteiger partial charge in [0.1, 0.15) is 6.54 Å². The molecule has 3 heterocycles. The molecule has 2 aliphatic heterocycles. The zero-order valence-electron chi connectivity index (χ0n) is 21.0. The van der Waals surface area contributed by atoms with E-state index in [1.807, 2.05) is 29.2 Å². The Labute approximate surface area is 207 Å². The Hall–Kier alpha value is -2.91. The zero-order valence-corrected chi connectivity index (χ0v) is 21.0. The molecular weight excluding hydrogens is 446 g/mol. The number of carbonyl (C=O) groups excluding carboxylic acids is 2. The lowest BCUT2D eigenvalue weighted by atomic mass is 9.91. The Morgan fingerprint density at radius 2 is 2.00 bits per heavy atom. The van der Waals surface area contributed by atoms with Crippen LogP contribution < -0.4 is 5.32 Å². The van der Waals surface area contributed by atoms with Crippen molar-refractivity contribution in [3.05, 3.63) is 42.4 Å². The number of hydrogen-bond acceptors (Lipinski definition) is 7. The smallest absolute Gasteiger partial charge is 0.325 e. The van der Waals surface area contributed by atoms with E-state index in [2.05, 4.69) is 35.6 Å². The van der Waals surface area contributed by atoms with E-state index in [1.165, 1.54) is 7.11 Å². The van der Waals surface area contributed by atoms with E-state index in [-0.39, 0.29) is 36.2 Å². The predicted octanol–water partition coefficient (Wildman–Crippen LogP) is 2.13. The van der Waals surface area contributed by atoms with Gasteiger partial charge in [-0.15, -0.1) is 0 Å². The van der Waals surface area contributed by atoms with Gasteiger partial charge < -0.3 is 29.2 Å². The molecular formula is C26H37N5O4. The molecule has 2 atom stereocenters. The van der Waals surface area contributed by atoms with Crippen molar-refractivity contribution < 1.29 is 19.1 Å². The summed E-state index contributed by atoms with van der Waals surface area (Å²) >= 11 is 0. The molecule has 2 aliphatic rings. The van der Waals surface area contributed by atoms with Crippen molar-refractivity contribution in [1.82, 2.24) is 24.7 Å². The van der Waals surface area contributed by atoms with Gasteiger partial charge in [0, 0.05) is 50.4 Å². The molecule has 0 bridgehead atoms. The molecule has 2 aromatic rings. The zero-order chi connectivity index (χ0) is 24.9. The number of hydrogen-bond donors (Lipinski definition) is 1. The Morgan fingerprint density at radius 3 is 2.71 bits per heavy atom. The van der Waals surface area contributed by atoms with Gasteiger partial charge in [-0.3, -0.25) is 9.59 Å². The first kappa shape index (κ1) is 25.2. The van der Waals surface area contributed by atoms with Crippen LogP contribution in [0.15, 0.2) is 36.5 Å². The van der Waals surface area contributed by atoms with E-state index < -0.39 is 5.97 Å². The summed E-state index contributed by atoms with van der Waals surface area (Å²) in [5.41, 5.74) is 2.54. The number of fused-ring (bicyclic) bond motifs is 1. The number of nitrogens with one attached hydrogen (secondary N) is 1. The number of morpholine rings is 1. The molecule has 9 nitrogen and oxygen atoms in total. The summed E-state index contributed by atoms with van der Waals surface area (Å²) in [6.07, 6.45) is 0.832. The number of benzene rings is 1. The summed E-state index contributed by atoms with van der Waals surface area (Å²) < 4.78 is 12.1. The molecule has 1 aromatic heterocycles. The predicted molar refractivity (Wildman–Crippen MR) is 134 cm³/mol. The van der Waals surface area contributed by atoms with Crippen LogP contribution in [0, 0.1) is 11.8 Å². The number of amides is 1. The maximum Gasteiger partial charge on any atom is 0.325 e. The lowest BCUT2D eigenvalue weighted by Gasteiger charge is -2.42. The summed E-state index contributed by atoms with van der Waals surface area (Å²) in [5, 5.41) is 3.53. The molecule has 0 saturated carbocycles. The number of para-hydroxylation sites is 2. The van der Waals surface area contributed by atoms with Gasteiger partial charge in [-0.1, -0.05) is 32.6 Å². The number of methoxy groups -OCH3 is 1. The lowest BCUT2D eigenvalue weighted by molar-refractivity contribution is -0.141. The van der Waals surface area contributed by atoms with Crippen LogP contribution in [0.1, 0.15) is 30.9 Å². The van der Waals surface area contributed by atoms with Gasteiger partial charge in [-0.25, -0.2) is 4.98 Å². The molecule has 0 aliphatic carbocycles. The average molecular weight is 484 g/mol. The van der Waals surface area contributed by atoms with Crippen molar-refractivity contribution in [2.45, 2.75) is 32.9 Å². The molecule has 1 N–H and O–H groups in total. The first-order valence-corrected chi connectivity index (χ1v) is 12.4. The maximum absolute atomic E-state index is 14.0. The van der Waals surface area contributed by atoms with Gasteiger partial charge in [0.05, 0.1) is 31.4 Å². The molecule has 1 aromatic carbocycles. The molecule has 190 valence electrons. The van der Waals surface area contributed by atoms with E-state index in [0.717, 1.165) is 50.5 Å². The number of nitrogens with zero attached hydrogens (tertiary/aromatic N) is 4. The van der Waals surface area contributed by atoms with E-state index in [0.29, 0.717) is 18.6 Å². The van der Waals surface area contributed by atoms with Crippen LogP contribution in [0.5, 0.6) is 0 Å². The van der Waals surface area contributed by atoms with Crippen molar-refractivity contribution in [2.75, 3.05) is 53.0 Å². The third-order valence-electron chi connectivity index (χ3n) is 6.84. The minimum atomic E-state index is -0.418. The molecule has 9 heteroatoms. The molecule has 4 rings (SSSR count). The van der Waals surface area contributed by atoms with Crippen LogP contribution in [0.2, 0.25) is 0 Å². The number of piperidine rings is 1. The monoisotopic (exact) mass is 483 g/mol. The molecule has 0 radical (unpaired) electrons. The molecule has 0 spiro atoms. The average Bonchev–Trinajstić information content (AvgIpc) is 3.25. The van der Waals surface area contributed by atoms with Gasteiger partial charge in [0.15, 0.2) is 0 Å². The number of carbonyl (C=O) groups is 2. The van der Waals surface area contributed by atoms with Crippen molar-refractivity contribution in [1.29, 1.82) is 0 Å².